The van der Waals surface area contributed by atoms with Crippen molar-refractivity contribution in [2.75, 3.05) is 0 Å². The summed E-state index contributed by atoms with van der Waals surface area (Å²) in [5.74, 6) is 0. The van der Waals surface area contributed by atoms with Crippen LogP contribution in [0.2, 0.25) is 0 Å². The summed E-state index contributed by atoms with van der Waals surface area (Å²) in [6.45, 7) is 4.38. The van der Waals surface area contributed by atoms with E-state index in [4.69, 9.17) is 4.74 Å². The number of rotatable bonds is 3. The van der Waals surface area contributed by atoms with Gasteiger partial charge in [-0.3, -0.25) is 0 Å². The zero-order valence-corrected chi connectivity index (χ0v) is 12.9. The van der Waals surface area contributed by atoms with Crippen LogP contribution in [0.3, 0.4) is 0 Å². The van der Waals surface area contributed by atoms with Crippen molar-refractivity contribution in [1.82, 2.24) is 0 Å². The van der Waals surface area contributed by atoms with Crippen LogP contribution in [0.15, 0.2) is 53.9 Å². The number of ether oxygens (including phenoxy) is 1. The van der Waals surface area contributed by atoms with Gasteiger partial charge >= 0.3 is 0 Å². The molecule has 1 heterocycles. The Labute approximate surface area is 128 Å². The number of benzene rings is 2. The van der Waals surface area contributed by atoms with Crippen molar-refractivity contribution in [2.24, 2.45) is 0 Å². The van der Waals surface area contributed by atoms with Gasteiger partial charge in [-0.15, -0.1) is 11.3 Å². The van der Waals surface area contributed by atoms with Gasteiger partial charge in [-0.1, -0.05) is 36.4 Å². The Morgan fingerprint density at radius 1 is 0.952 bits per heavy atom. The highest BCUT2D eigenvalue weighted by molar-refractivity contribution is 7.11. The Balaban J connectivity index is 1.78. The normalized spacial score (nSPS) is 15.6. The fraction of sp³-hybridized carbons (Fsp3) is 0.158. The lowest BCUT2D eigenvalue weighted by Gasteiger charge is -2.04. The maximum absolute atomic E-state index is 6.15. The molecule has 0 saturated heterocycles. The van der Waals surface area contributed by atoms with E-state index in [1.807, 2.05) is 12.1 Å². The third kappa shape index (κ3) is 2.07. The minimum atomic E-state index is 0.132. The summed E-state index contributed by atoms with van der Waals surface area (Å²) < 4.78 is 6.15. The van der Waals surface area contributed by atoms with Crippen LogP contribution < -0.4 is 4.74 Å². The van der Waals surface area contributed by atoms with Crippen molar-refractivity contribution >= 4 is 11.3 Å². The maximum atomic E-state index is 6.15. The largest absolute Gasteiger partial charge is 0.471 e. The Bertz CT molecular complexity index is 788. The fourth-order valence-corrected chi connectivity index (χ4v) is 3.52. The molecule has 3 aromatic rings. The topological polar surface area (TPSA) is 9.23 Å². The molecule has 0 fully saturated rings. The molecule has 0 radical (unpaired) electrons. The van der Waals surface area contributed by atoms with Crippen LogP contribution in [-0.4, -0.2) is 0 Å². The third-order valence-electron chi connectivity index (χ3n) is 4.19. The molecule has 0 saturated carbocycles. The molecule has 104 valence electrons. The molecule has 1 aliphatic rings. The van der Waals surface area contributed by atoms with Gasteiger partial charge < -0.3 is 4.74 Å². The summed E-state index contributed by atoms with van der Waals surface area (Å²) in [5, 5.41) is 3.05. The zero-order chi connectivity index (χ0) is 14.4. The number of fused-ring (bicyclic) bond motifs is 1. The fourth-order valence-electron chi connectivity index (χ4n) is 2.92. The first-order chi connectivity index (χ1) is 10.3. The standard InChI is InChI=1S/C19H16OS/c1-12-11-15(14-7-4-3-5-8-14)18-17(13(12)2)19(18)20-16-9-6-10-21-16/h3-11,19H,1-2H3. The average molecular weight is 292 g/mol. The van der Waals surface area contributed by atoms with Crippen molar-refractivity contribution in [2.45, 2.75) is 20.0 Å². The molecule has 21 heavy (non-hydrogen) atoms. The second-order valence-electron chi connectivity index (χ2n) is 5.49. The molecule has 1 unspecified atom stereocenters. The van der Waals surface area contributed by atoms with E-state index in [-0.39, 0.29) is 6.10 Å². The summed E-state index contributed by atoms with van der Waals surface area (Å²) in [7, 11) is 0. The quantitative estimate of drug-likeness (QED) is 0.618. The number of hydrogen-bond acceptors (Lipinski definition) is 2. The van der Waals surface area contributed by atoms with Gasteiger partial charge in [0.05, 0.1) is 0 Å². The van der Waals surface area contributed by atoms with E-state index in [0.717, 1.165) is 5.06 Å². The highest BCUT2D eigenvalue weighted by Gasteiger charge is 2.40. The minimum Gasteiger partial charge on any atom is -0.471 e. The van der Waals surface area contributed by atoms with Gasteiger partial charge in [0, 0.05) is 11.1 Å². The Hall–Kier alpha value is -2.06. The van der Waals surface area contributed by atoms with Crippen LogP contribution in [0.25, 0.3) is 11.1 Å². The summed E-state index contributed by atoms with van der Waals surface area (Å²) >= 11 is 1.65. The zero-order valence-electron chi connectivity index (χ0n) is 12.1. The predicted octanol–water partition coefficient (Wildman–Crippen LogP) is 5.51. The molecule has 2 aromatic carbocycles. The molecule has 4 rings (SSSR count). The van der Waals surface area contributed by atoms with Gasteiger partial charge in [0.2, 0.25) is 0 Å². The molecule has 0 aliphatic heterocycles. The lowest BCUT2D eigenvalue weighted by Crippen LogP contribution is -1.88. The van der Waals surface area contributed by atoms with Crippen LogP contribution in [-0.2, 0) is 0 Å². The smallest absolute Gasteiger partial charge is 0.175 e. The van der Waals surface area contributed by atoms with E-state index < -0.39 is 0 Å². The maximum Gasteiger partial charge on any atom is 0.175 e. The summed E-state index contributed by atoms with van der Waals surface area (Å²) in [6, 6.07) is 16.9. The number of thiophene rings is 1. The van der Waals surface area contributed by atoms with Crippen LogP contribution >= 0.6 is 11.3 Å². The second-order valence-corrected chi connectivity index (χ2v) is 6.40. The molecule has 0 spiro atoms. The van der Waals surface area contributed by atoms with E-state index in [1.165, 1.54) is 33.4 Å². The molecule has 1 atom stereocenters. The minimum absolute atomic E-state index is 0.132. The van der Waals surface area contributed by atoms with Gasteiger partial charge in [0.1, 0.15) is 0 Å². The number of hydrogen-bond donors (Lipinski definition) is 0. The van der Waals surface area contributed by atoms with Gasteiger partial charge in [0.15, 0.2) is 11.2 Å². The summed E-state index contributed by atoms with van der Waals surface area (Å²) in [5.41, 5.74) is 8.03. The SMILES string of the molecule is Cc1cc(-c2ccccc2)c2c(c1C)C2Oc1cccs1. The first-order valence-electron chi connectivity index (χ1n) is 7.15. The van der Waals surface area contributed by atoms with E-state index in [2.05, 4.69) is 55.6 Å². The van der Waals surface area contributed by atoms with E-state index in [1.54, 1.807) is 11.3 Å². The molecule has 2 heteroatoms. The highest BCUT2D eigenvalue weighted by Crippen LogP contribution is 2.53. The molecule has 0 bridgehead atoms. The van der Waals surface area contributed by atoms with Crippen molar-refractivity contribution in [1.29, 1.82) is 0 Å². The van der Waals surface area contributed by atoms with E-state index in [0.29, 0.717) is 0 Å². The van der Waals surface area contributed by atoms with Crippen LogP contribution in [0.4, 0.5) is 0 Å². The van der Waals surface area contributed by atoms with E-state index in [9.17, 15) is 0 Å². The molecular weight excluding hydrogens is 276 g/mol. The van der Waals surface area contributed by atoms with Crippen molar-refractivity contribution in [3.63, 3.8) is 0 Å². The first kappa shape index (κ1) is 12.7. The van der Waals surface area contributed by atoms with Gasteiger partial charge in [-0.2, -0.15) is 0 Å². The monoisotopic (exact) mass is 292 g/mol. The number of aryl methyl sites for hydroxylation is 1. The lowest BCUT2D eigenvalue weighted by molar-refractivity contribution is 0.301. The molecular formula is C19H16OS. The van der Waals surface area contributed by atoms with E-state index >= 15 is 0 Å². The van der Waals surface area contributed by atoms with Gasteiger partial charge in [-0.05, 0) is 53.6 Å². The Kier molecular flexibility index (Phi) is 2.86. The average Bonchev–Trinajstić information content (AvgIpc) is 2.96. The summed E-state index contributed by atoms with van der Waals surface area (Å²) in [4.78, 5) is 0. The second kappa shape index (κ2) is 4.74. The molecule has 1 nitrogen and oxygen atoms in total. The van der Waals surface area contributed by atoms with Gasteiger partial charge in [0.25, 0.3) is 0 Å². The summed E-state index contributed by atoms with van der Waals surface area (Å²) in [6.07, 6.45) is 0.132. The van der Waals surface area contributed by atoms with Crippen LogP contribution in [0, 0.1) is 13.8 Å². The first-order valence-corrected chi connectivity index (χ1v) is 8.03. The predicted molar refractivity (Wildman–Crippen MR) is 88.1 cm³/mol. The Morgan fingerprint density at radius 3 is 2.48 bits per heavy atom. The lowest BCUT2D eigenvalue weighted by atomic mass is 10.0. The molecule has 1 aromatic heterocycles. The van der Waals surface area contributed by atoms with Crippen LogP contribution in [0.1, 0.15) is 28.4 Å². The van der Waals surface area contributed by atoms with Crippen molar-refractivity contribution in [3.8, 4) is 16.2 Å². The van der Waals surface area contributed by atoms with Crippen LogP contribution in [0.5, 0.6) is 5.06 Å². The molecule has 1 aliphatic carbocycles. The van der Waals surface area contributed by atoms with Crippen molar-refractivity contribution < 1.29 is 4.74 Å². The Morgan fingerprint density at radius 2 is 1.76 bits per heavy atom. The van der Waals surface area contributed by atoms with Gasteiger partial charge in [-0.25, -0.2) is 0 Å². The van der Waals surface area contributed by atoms with Crippen molar-refractivity contribution in [3.05, 3.63) is 76.2 Å². The highest BCUT2D eigenvalue weighted by atomic mass is 32.1. The molecule has 0 N–H and O–H groups in total. The third-order valence-corrected chi connectivity index (χ3v) is 4.95. The molecule has 0 amide bonds.